The fraction of sp³-hybridized carbons (Fsp3) is 0.417. The lowest BCUT2D eigenvalue weighted by atomic mass is 10.1. The van der Waals surface area contributed by atoms with E-state index in [1.54, 1.807) is 12.1 Å². The second kappa shape index (κ2) is 5.31. The Bertz CT molecular complexity index is 357. The van der Waals surface area contributed by atoms with E-state index in [9.17, 15) is 4.79 Å². The summed E-state index contributed by atoms with van der Waals surface area (Å²) in [5, 5.41) is 8.54. The molecule has 3 nitrogen and oxygen atoms in total. The zero-order valence-electron chi connectivity index (χ0n) is 9.56. The van der Waals surface area contributed by atoms with Gasteiger partial charge in [0.1, 0.15) is 11.5 Å². The number of hydrogen-bond donors (Lipinski definition) is 1. The van der Waals surface area contributed by atoms with Gasteiger partial charge in [-0.3, -0.25) is 4.79 Å². The molecular weight excluding hydrogens is 223 g/mol. The van der Waals surface area contributed by atoms with E-state index in [0.29, 0.717) is 5.75 Å². The third-order valence-corrected chi connectivity index (χ3v) is 2.81. The normalized spacial score (nSPS) is 14.2. The van der Waals surface area contributed by atoms with Crippen molar-refractivity contribution in [1.82, 2.24) is 0 Å². The topological polar surface area (TPSA) is 46.5 Å². The van der Waals surface area contributed by atoms with Gasteiger partial charge in [0.05, 0.1) is 5.16 Å². The molecular formula is C12H17O3P. The Morgan fingerprint density at radius 2 is 2.00 bits per heavy atom. The summed E-state index contributed by atoms with van der Waals surface area (Å²) >= 11 is 0. The monoisotopic (exact) mass is 240 g/mol. The van der Waals surface area contributed by atoms with Gasteiger partial charge in [-0.05, 0) is 37.6 Å². The maximum absolute atomic E-state index is 11.8. The number of esters is 1. The summed E-state index contributed by atoms with van der Waals surface area (Å²) in [7, 11) is 2.53. The number of phenolic OH excluding ortho intramolecular Hbond substituents is 1. The molecule has 0 bridgehead atoms. The number of benzene rings is 1. The van der Waals surface area contributed by atoms with Crippen LogP contribution in [0, 0.1) is 0 Å². The molecule has 0 aromatic heterocycles. The average Bonchev–Trinajstić information content (AvgIpc) is 2.21. The largest absolute Gasteiger partial charge is 0.508 e. The van der Waals surface area contributed by atoms with Crippen LogP contribution < -0.4 is 4.74 Å². The van der Waals surface area contributed by atoms with Crippen molar-refractivity contribution in [1.29, 1.82) is 0 Å². The number of ether oxygens (including phenoxy) is 1. The molecule has 0 aliphatic rings. The predicted molar refractivity (Wildman–Crippen MR) is 66.8 cm³/mol. The van der Waals surface area contributed by atoms with Crippen LogP contribution in [0.15, 0.2) is 24.3 Å². The summed E-state index contributed by atoms with van der Waals surface area (Å²) in [4.78, 5) is 11.8. The molecule has 2 atom stereocenters. The van der Waals surface area contributed by atoms with Gasteiger partial charge in [0.15, 0.2) is 0 Å². The summed E-state index contributed by atoms with van der Waals surface area (Å²) < 4.78 is 5.22. The summed E-state index contributed by atoms with van der Waals surface area (Å²) in [5.41, 5.74) is 0. The van der Waals surface area contributed by atoms with Crippen LogP contribution in [0.1, 0.15) is 26.7 Å². The maximum atomic E-state index is 11.8. The van der Waals surface area contributed by atoms with Crippen molar-refractivity contribution >= 4 is 15.2 Å². The minimum Gasteiger partial charge on any atom is -0.508 e. The average molecular weight is 240 g/mol. The molecule has 1 rings (SSSR count). The van der Waals surface area contributed by atoms with Crippen molar-refractivity contribution in [3.05, 3.63) is 24.3 Å². The van der Waals surface area contributed by atoms with Gasteiger partial charge in [0.2, 0.25) is 0 Å². The highest BCUT2D eigenvalue weighted by Crippen LogP contribution is 2.27. The van der Waals surface area contributed by atoms with Crippen LogP contribution in [0.25, 0.3) is 0 Å². The first-order chi connectivity index (χ1) is 7.45. The Balaban J connectivity index is 2.67. The first-order valence-electron chi connectivity index (χ1n) is 5.26. The number of rotatable bonds is 4. The molecule has 0 aliphatic heterocycles. The van der Waals surface area contributed by atoms with Crippen molar-refractivity contribution in [2.24, 2.45) is 0 Å². The molecule has 0 saturated carbocycles. The molecule has 16 heavy (non-hydrogen) atoms. The molecule has 0 aliphatic carbocycles. The fourth-order valence-corrected chi connectivity index (χ4v) is 1.71. The van der Waals surface area contributed by atoms with Gasteiger partial charge in [-0.15, -0.1) is 9.24 Å². The highest BCUT2D eigenvalue weighted by molar-refractivity contribution is 7.20. The number of carbonyl (C=O) groups excluding carboxylic acids is 1. The third-order valence-electron chi connectivity index (χ3n) is 2.28. The molecule has 0 fully saturated rings. The lowest BCUT2D eigenvalue weighted by molar-refractivity contribution is -0.136. The lowest BCUT2D eigenvalue weighted by Gasteiger charge is -2.21. The summed E-state index contributed by atoms with van der Waals surface area (Å²) in [6.07, 6.45) is 1.68. The molecule has 0 amide bonds. The van der Waals surface area contributed by atoms with E-state index < -0.39 is 5.16 Å². The minimum absolute atomic E-state index is 0.155. The zero-order valence-corrected chi connectivity index (χ0v) is 10.7. The number of carbonyl (C=O) groups is 1. The van der Waals surface area contributed by atoms with Gasteiger partial charge in [0.25, 0.3) is 0 Å². The van der Waals surface area contributed by atoms with Crippen molar-refractivity contribution in [2.45, 2.75) is 31.8 Å². The third kappa shape index (κ3) is 3.49. The van der Waals surface area contributed by atoms with E-state index in [-0.39, 0.29) is 11.7 Å². The molecule has 0 saturated heterocycles. The number of phenols is 1. The van der Waals surface area contributed by atoms with Crippen LogP contribution >= 0.6 is 9.24 Å². The molecule has 0 heterocycles. The quantitative estimate of drug-likeness (QED) is 0.500. The first kappa shape index (κ1) is 13.0. The van der Waals surface area contributed by atoms with Crippen LogP contribution in [0.3, 0.4) is 0 Å². The Morgan fingerprint density at radius 1 is 1.44 bits per heavy atom. The predicted octanol–water partition coefficient (Wildman–Crippen LogP) is 2.73. The SMILES string of the molecule is CCCC(C)(P)C(=O)Oc1ccc(O)cc1. The summed E-state index contributed by atoms with van der Waals surface area (Å²) in [6.45, 7) is 3.86. The highest BCUT2D eigenvalue weighted by atomic mass is 31.0. The first-order valence-corrected chi connectivity index (χ1v) is 5.83. The molecule has 88 valence electrons. The lowest BCUT2D eigenvalue weighted by Crippen LogP contribution is -2.32. The summed E-state index contributed by atoms with van der Waals surface area (Å²) in [6, 6.07) is 6.12. The van der Waals surface area contributed by atoms with Gasteiger partial charge in [0, 0.05) is 0 Å². The van der Waals surface area contributed by atoms with Crippen molar-refractivity contribution in [3.8, 4) is 11.5 Å². The van der Waals surface area contributed by atoms with Crippen molar-refractivity contribution in [2.75, 3.05) is 0 Å². The van der Waals surface area contributed by atoms with E-state index >= 15 is 0 Å². The number of hydrogen-bond acceptors (Lipinski definition) is 3. The zero-order chi connectivity index (χ0) is 12.2. The molecule has 0 spiro atoms. The van der Waals surface area contributed by atoms with Gasteiger partial charge >= 0.3 is 5.97 Å². The molecule has 1 N–H and O–H groups in total. The van der Waals surface area contributed by atoms with E-state index in [1.807, 2.05) is 13.8 Å². The van der Waals surface area contributed by atoms with Crippen LogP contribution in [0.2, 0.25) is 0 Å². The second-order valence-corrected chi connectivity index (χ2v) is 5.33. The van der Waals surface area contributed by atoms with Gasteiger partial charge in [-0.1, -0.05) is 13.3 Å². The van der Waals surface area contributed by atoms with Crippen molar-refractivity contribution in [3.63, 3.8) is 0 Å². The van der Waals surface area contributed by atoms with Crippen LogP contribution in [-0.4, -0.2) is 16.2 Å². The Hall–Kier alpha value is -1.08. The van der Waals surface area contributed by atoms with Crippen molar-refractivity contribution < 1.29 is 14.6 Å². The second-order valence-electron chi connectivity index (χ2n) is 4.05. The van der Waals surface area contributed by atoms with E-state index in [0.717, 1.165) is 12.8 Å². The fourth-order valence-electron chi connectivity index (χ4n) is 1.36. The van der Waals surface area contributed by atoms with E-state index in [4.69, 9.17) is 9.84 Å². The van der Waals surface area contributed by atoms with Gasteiger partial charge in [-0.25, -0.2) is 0 Å². The number of aromatic hydroxyl groups is 1. The van der Waals surface area contributed by atoms with Crippen LogP contribution in [-0.2, 0) is 4.79 Å². The summed E-state index contributed by atoms with van der Waals surface area (Å²) in [5.74, 6) is 0.333. The Labute approximate surface area is 98.0 Å². The van der Waals surface area contributed by atoms with E-state index in [2.05, 4.69) is 9.24 Å². The molecule has 0 radical (unpaired) electrons. The molecule has 1 aromatic rings. The van der Waals surface area contributed by atoms with Gasteiger partial charge < -0.3 is 9.84 Å². The maximum Gasteiger partial charge on any atom is 0.321 e. The standard InChI is InChI=1S/C12H17O3P/c1-3-8-12(2,16)11(14)15-10-6-4-9(13)5-7-10/h4-7,13H,3,8,16H2,1-2H3. The molecule has 4 heteroatoms. The van der Waals surface area contributed by atoms with Gasteiger partial charge in [-0.2, -0.15) is 0 Å². The smallest absolute Gasteiger partial charge is 0.321 e. The van der Waals surface area contributed by atoms with E-state index in [1.165, 1.54) is 12.1 Å². The Kier molecular flexibility index (Phi) is 4.31. The highest BCUT2D eigenvalue weighted by Gasteiger charge is 2.28. The van der Waals surface area contributed by atoms with Crippen LogP contribution in [0.4, 0.5) is 0 Å². The van der Waals surface area contributed by atoms with Crippen LogP contribution in [0.5, 0.6) is 11.5 Å². The minimum atomic E-state index is -0.549. The molecule has 1 aromatic carbocycles. The Morgan fingerprint density at radius 3 is 2.50 bits per heavy atom. The molecule has 2 unspecified atom stereocenters.